The molecule has 38 heavy (non-hydrogen) atoms. The first kappa shape index (κ1) is 27.7. The smallest absolute Gasteiger partial charge is 0.278 e. The molecular weight excluding hydrogens is 478 g/mol. The number of aromatic nitrogens is 5. The Labute approximate surface area is 224 Å². The summed E-state index contributed by atoms with van der Waals surface area (Å²) in [6.07, 6.45) is 10.2. The summed E-state index contributed by atoms with van der Waals surface area (Å²) in [7, 11) is 0. The van der Waals surface area contributed by atoms with E-state index in [1.807, 2.05) is 25.1 Å². The number of hydrogen-bond acceptors (Lipinski definition) is 7. The molecule has 9 heteroatoms. The van der Waals surface area contributed by atoms with Crippen LogP contribution >= 0.6 is 0 Å². The highest BCUT2D eigenvalue weighted by atomic mass is 16.3. The number of aliphatic hydroxyl groups is 1. The molecule has 0 bridgehead atoms. The van der Waals surface area contributed by atoms with Crippen LogP contribution < -0.4 is 16.6 Å². The summed E-state index contributed by atoms with van der Waals surface area (Å²) in [4.78, 5) is 27.5. The zero-order valence-electron chi connectivity index (χ0n) is 22.9. The van der Waals surface area contributed by atoms with E-state index in [-0.39, 0.29) is 18.1 Å². The topological polar surface area (TPSA) is 124 Å². The van der Waals surface area contributed by atoms with Gasteiger partial charge in [-0.3, -0.25) is 4.79 Å². The normalized spacial score (nSPS) is 18.5. The molecule has 1 aliphatic carbocycles. The van der Waals surface area contributed by atoms with E-state index in [0.717, 1.165) is 31.2 Å². The number of nitrogens with zero attached hydrogens (tertiary/aromatic N) is 5. The molecule has 0 spiro atoms. The molecule has 0 aromatic carbocycles. The van der Waals surface area contributed by atoms with Crippen LogP contribution in [0.15, 0.2) is 48.4 Å². The zero-order valence-corrected chi connectivity index (χ0v) is 22.9. The average Bonchev–Trinajstić information content (AvgIpc) is 3.39. The molecule has 0 saturated carbocycles. The van der Waals surface area contributed by atoms with Crippen molar-refractivity contribution in [3.63, 3.8) is 0 Å². The van der Waals surface area contributed by atoms with E-state index in [9.17, 15) is 9.90 Å². The lowest BCUT2D eigenvalue weighted by Crippen LogP contribution is -2.31. The standard InChI is InChI=1S/C29H41N7O2/c1-6-17-35-27(37)22-18-31-28(32-23(7-2)21(19(4)5)11-9-10-16-30)34-26(22)36(35)24-13-12-20-14-15-29(38,8-3)25(20)33-24/h6-7,12-13,18-19,21,23,38H,1-2,8-11,14-17,30H2,3-5H3,(H,31,32,34)/t21-,23?,29-/m1/s1. The number of pyridine rings is 1. The molecule has 1 aliphatic rings. The Bertz CT molecular complexity index is 1360. The van der Waals surface area contributed by atoms with E-state index in [1.54, 1.807) is 21.6 Å². The Hall–Kier alpha value is -3.30. The van der Waals surface area contributed by atoms with Crippen LogP contribution in [0.4, 0.5) is 5.95 Å². The summed E-state index contributed by atoms with van der Waals surface area (Å²) in [5.74, 6) is 1.70. The Morgan fingerprint density at radius 1 is 1.26 bits per heavy atom. The third-order valence-corrected chi connectivity index (χ3v) is 7.85. The lowest BCUT2D eigenvalue weighted by Gasteiger charge is -2.29. The molecule has 3 aromatic heterocycles. The summed E-state index contributed by atoms with van der Waals surface area (Å²) >= 11 is 0. The van der Waals surface area contributed by atoms with Crippen LogP contribution in [0, 0.1) is 11.8 Å². The van der Waals surface area contributed by atoms with Gasteiger partial charge in [-0.05, 0) is 62.1 Å². The molecule has 4 N–H and O–H groups in total. The minimum Gasteiger partial charge on any atom is -0.384 e. The van der Waals surface area contributed by atoms with Gasteiger partial charge in [0, 0.05) is 6.20 Å². The van der Waals surface area contributed by atoms with Crippen LogP contribution in [0.3, 0.4) is 0 Å². The SMILES string of the molecule is C=CCn1c(=O)c2cnc(NC(C=C)[C@H](CCCCN)C(C)C)nc2n1-c1ccc2c(n1)[C@@](O)(CC)CC2. The van der Waals surface area contributed by atoms with Gasteiger partial charge in [-0.25, -0.2) is 19.3 Å². The van der Waals surface area contributed by atoms with Crippen LogP contribution in [-0.4, -0.2) is 42.0 Å². The number of nitrogens with two attached hydrogens (primary N) is 1. The second-order valence-corrected chi connectivity index (χ2v) is 10.6. The van der Waals surface area contributed by atoms with Crippen molar-refractivity contribution in [3.8, 4) is 5.82 Å². The van der Waals surface area contributed by atoms with Crippen LogP contribution in [0.1, 0.15) is 64.1 Å². The highest BCUT2D eigenvalue weighted by Crippen LogP contribution is 2.38. The van der Waals surface area contributed by atoms with E-state index < -0.39 is 5.60 Å². The van der Waals surface area contributed by atoms with E-state index in [1.165, 1.54) is 0 Å². The summed E-state index contributed by atoms with van der Waals surface area (Å²) in [6, 6.07) is 3.83. The van der Waals surface area contributed by atoms with Gasteiger partial charge in [0.2, 0.25) is 5.95 Å². The van der Waals surface area contributed by atoms with Gasteiger partial charge in [0.15, 0.2) is 11.5 Å². The molecule has 0 radical (unpaired) electrons. The van der Waals surface area contributed by atoms with Crippen molar-refractivity contribution in [1.29, 1.82) is 0 Å². The van der Waals surface area contributed by atoms with Gasteiger partial charge in [-0.15, -0.1) is 13.2 Å². The fourth-order valence-electron chi connectivity index (χ4n) is 5.56. The minimum absolute atomic E-state index is 0.0432. The Balaban J connectivity index is 1.79. The van der Waals surface area contributed by atoms with E-state index in [0.29, 0.717) is 59.7 Å². The lowest BCUT2D eigenvalue weighted by atomic mass is 9.84. The first-order valence-corrected chi connectivity index (χ1v) is 13.7. The fourth-order valence-corrected chi connectivity index (χ4v) is 5.56. The molecule has 1 unspecified atom stereocenters. The summed E-state index contributed by atoms with van der Waals surface area (Å²) in [5.41, 5.74) is 6.69. The molecule has 4 rings (SSSR count). The second-order valence-electron chi connectivity index (χ2n) is 10.6. The van der Waals surface area contributed by atoms with Crippen LogP contribution in [0.25, 0.3) is 16.9 Å². The van der Waals surface area contributed by atoms with Gasteiger partial charge in [0.05, 0.1) is 18.3 Å². The highest BCUT2D eigenvalue weighted by molar-refractivity contribution is 5.76. The predicted octanol–water partition coefficient (Wildman–Crippen LogP) is 4.07. The molecular formula is C29H41N7O2. The maximum atomic E-state index is 13.4. The lowest BCUT2D eigenvalue weighted by molar-refractivity contribution is 0.0306. The summed E-state index contributed by atoms with van der Waals surface area (Å²) < 4.78 is 3.27. The maximum absolute atomic E-state index is 13.4. The zero-order chi connectivity index (χ0) is 27.4. The first-order chi connectivity index (χ1) is 18.3. The van der Waals surface area contributed by atoms with Crippen LogP contribution in [0.5, 0.6) is 0 Å². The van der Waals surface area contributed by atoms with Gasteiger partial charge < -0.3 is 16.2 Å². The van der Waals surface area contributed by atoms with Crippen molar-refractivity contribution < 1.29 is 5.11 Å². The largest absolute Gasteiger partial charge is 0.384 e. The van der Waals surface area contributed by atoms with E-state index >= 15 is 0 Å². The molecule has 0 aliphatic heterocycles. The number of unbranched alkanes of at least 4 members (excludes halogenated alkanes) is 1. The molecule has 0 amide bonds. The number of hydrogen-bond donors (Lipinski definition) is 3. The Morgan fingerprint density at radius 2 is 2.05 bits per heavy atom. The van der Waals surface area contributed by atoms with Crippen LogP contribution in [-0.2, 0) is 18.6 Å². The van der Waals surface area contributed by atoms with E-state index in [4.69, 9.17) is 15.7 Å². The van der Waals surface area contributed by atoms with Crippen molar-refractivity contribution in [2.45, 2.75) is 77.5 Å². The monoisotopic (exact) mass is 519 g/mol. The minimum atomic E-state index is -0.966. The van der Waals surface area contributed by atoms with Crippen molar-refractivity contribution in [2.24, 2.45) is 17.6 Å². The van der Waals surface area contributed by atoms with Crippen LogP contribution in [0.2, 0.25) is 0 Å². The van der Waals surface area contributed by atoms with Crippen molar-refractivity contribution >= 4 is 17.0 Å². The van der Waals surface area contributed by atoms with Gasteiger partial charge in [0.1, 0.15) is 11.0 Å². The molecule has 3 heterocycles. The summed E-state index contributed by atoms with van der Waals surface area (Å²) in [5, 5.41) is 15.0. The molecule has 204 valence electrons. The number of fused-ring (bicyclic) bond motifs is 2. The number of allylic oxidation sites excluding steroid dienone is 1. The maximum Gasteiger partial charge on any atom is 0.278 e. The Kier molecular flexibility index (Phi) is 8.47. The van der Waals surface area contributed by atoms with Gasteiger partial charge >= 0.3 is 0 Å². The van der Waals surface area contributed by atoms with Gasteiger partial charge in [-0.1, -0.05) is 45.4 Å². The molecule has 9 nitrogen and oxygen atoms in total. The van der Waals surface area contributed by atoms with Gasteiger partial charge in [-0.2, -0.15) is 4.98 Å². The van der Waals surface area contributed by atoms with Gasteiger partial charge in [0.25, 0.3) is 5.56 Å². The number of nitrogens with one attached hydrogen (secondary N) is 1. The Morgan fingerprint density at radius 3 is 2.71 bits per heavy atom. The predicted molar refractivity (Wildman–Crippen MR) is 152 cm³/mol. The molecule has 3 atom stereocenters. The number of rotatable bonds is 13. The van der Waals surface area contributed by atoms with Crippen molar-refractivity contribution in [3.05, 3.63) is 65.3 Å². The number of anilines is 1. The molecule has 0 fully saturated rings. The van der Waals surface area contributed by atoms with E-state index in [2.05, 4.69) is 37.3 Å². The fraction of sp³-hybridized carbons (Fsp3) is 0.517. The summed E-state index contributed by atoms with van der Waals surface area (Å²) in [6.45, 7) is 15.2. The molecule has 3 aromatic rings. The third kappa shape index (κ3) is 5.17. The highest BCUT2D eigenvalue weighted by Gasteiger charge is 2.37. The third-order valence-electron chi connectivity index (χ3n) is 7.85. The average molecular weight is 520 g/mol. The second kappa shape index (κ2) is 11.6. The van der Waals surface area contributed by atoms with Crippen molar-refractivity contribution in [1.82, 2.24) is 24.3 Å². The van der Waals surface area contributed by atoms with Crippen molar-refractivity contribution in [2.75, 3.05) is 11.9 Å². The molecule has 0 saturated heterocycles. The quantitative estimate of drug-likeness (QED) is 0.230. The number of aryl methyl sites for hydroxylation is 1. The first-order valence-electron chi connectivity index (χ1n) is 13.7.